The number of carbonyl (C=O) groups excluding carboxylic acids is 2. The molecule has 6 heteroatoms. The fourth-order valence-electron chi connectivity index (χ4n) is 1.70. The standard InChI is InChI=1S/C15H13FN2O3/c1-21-15(20)11-4-2-10(3-5-11)9-18-14(19)12-6-7-17-13(16)8-12/h2-8H,9H2,1H3,(H,18,19). The van der Waals surface area contributed by atoms with Gasteiger partial charge in [-0.25, -0.2) is 9.78 Å². The third-order valence-corrected chi connectivity index (χ3v) is 2.82. The van der Waals surface area contributed by atoms with Crippen LogP contribution in [0, 0.1) is 5.95 Å². The van der Waals surface area contributed by atoms with Crippen LogP contribution in [0.5, 0.6) is 0 Å². The molecule has 0 saturated heterocycles. The number of hydrogen-bond donors (Lipinski definition) is 1. The first-order chi connectivity index (χ1) is 10.1. The van der Waals surface area contributed by atoms with E-state index in [2.05, 4.69) is 15.0 Å². The fraction of sp³-hybridized carbons (Fsp3) is 0.133. The van der Waals surface area contributed by atoms with Crippen LogP contribution in [0.4, 0.5) is 4.39 Å². The van der Waals surface area contributed by atoms with Gasteiger partial charge in [-0.1, -0.05) is 12.1 Å². The summed E-state index contributed by atoms with van der Waals surface area (Å²) >= 11 is 0. The van der Waals surface area contributed by atoms with Crippen molar-refractivity contribution in [1.29, 1.82) is 0 Å². The summed E-state index contributed by atoms with van der Waals surface area (Å²) in [6, 6.07) is 9.13. The Kier molecular flexibility index (Phi) is 4.61. The van der Waals surface area contributed by atoms with Gasteiger partial charge in [-0.15, -0.1) is 0 Å². The molecule has 0 aliphatic heterocycles. The maximum atomic E-state index is 12.9. The number of methoxy groups -OCH3 is 1. The summed E-state index contributed by atoms with van der Waals surface area (Å²) in [6.07, 6.45) is 1.23. The molecule has 1 aromatic heterocycles. The average Bonchev–Trinajstić information content (AvgIpc) is 2.52. The topological polar surface area (TPSA) is 68.3 Å². The lowest BCUT2D eigenvalue weighted by atomic mass is 10.1. The van der Waals surface area contributed by atoms with Gasteiger partial charge >= 0.3 is 5.97 Å². The fourth-order valence-corrected chi connectivity index (χ4v) is 1.70. The van der Waals surface area contributed by atoms with Gasteiger partial charge in [-0.05, 0) is 23.8 Å². The minimum atomic E-state index is -0.704. The van der Waals surface area contributed by atoms with Crippen LogP contribution in [0.1, 0.15) is 26.3 Å². The van der Waals surface area contributed by atoms with Crippen LogP contribution >= 0.6 is 0 Å². The summed E-state index contributed by atoms with van der Waals surface area (Å²) in [7, 11) is 1.31. The van der Waals surface area contributed by atoms with Crippen molar-refractivity contribution in [3.05, 3.63) is 65.2 Å². The molecule has 0 radical (unpaired) electrons. The Morgan fingerprint density at radius 3 is 2.52 bits per heavy atom. The second-order valence-corrected chi connectivity index (χ2v) is 4.24. The Labute approximate surface area is 120 Å². The molecule has 1 aromatic carbocycles. The van der Waals surface area contributed by atoms with E-state index in [1.807, 2.05) is 0 Å². The Morgan fingerprint density at radius 1 is 1.19 bits per heavy atom. The van der Waals surface area contributed by atoms with Gasteiger partial charge in [0, 0.05) is 24.4 Å². The molecule has 0 spiro atoms. The van der Waals surface area contributed by atoms with Crippen LogP contribution in [0.3, 0.4) is 0 Å². The number of carbonyl (C=O) groups is 2. The molecule has 1 N–H and O–H groups in total. The SMILES string of the molecule is COC(=O)c1ccc(CNC(=O)c2ccnc(F)c2)cc1. The molecule has 108 valence electrons. The zero-order chi connectivity index (χ0) is 15.2. The molecule has 2 rings (SSSR count). The van der Waals surface area contributed by atoms with Gasteiger partial charge < -0.3 is 10.1 Å². The van der Waals surface area contributed by atoms with E-state index < -0.39 is 17.8 Å². The minimum Gasteiger partial charge on any atom is -0.465 e. The molecule has 1 amide bonds. The highest BCUT2D eigenvalue weighted by molar-refractivity contribution is 5.94. The highest BCUT2D eigenvalue weighted by atomic mass is 19.1. The predicted octanol–water partition coefficient (Wildman–Crippen LogP) is 1.94. The largest absolute Gasteiger partial charge is 0.465 e. The highest BCUT2D eigenvalue weighted by Crippen LogP contribution is 2.06. The van der Waals surface area contributed by atoms with Crippen molar-refractivity contribution in [3.63, 3.8) is 0 Å². The second-order valence-electron chi connectivity index (χ2n) is 4.24. The molecule has 0 aliphatic carbocycles. The Bertz CT molecular complexity index is 656. The zero-order valence-electron chi connectivity index (χ0n) is 11.3. The number of ether oxygens (including phenoxy) is 1. The smallest absolute Gasteiger partial charge is 0.337 e. The van der Waals surface area contributed by atoms with Gasteiger partial charge in [0.1, 0.15) is 0 Å². The first-order valence-electron chi connectivity index (χ1n) is 6.17. The third kappa shape index (κ3) is 3.85. The molecule has 1 heterocycles. The van der Waals surface area contributed by atoms with E-state index in [1.54, 1.807) is 24.3 Å². The average molecular weight is 288 g/mol. The lowest BCUT2D eigenvalue weighted by Gasteiger charge is -2.06. The summed E-state index contributed by atoms with van der Waals surface area (Å²) in [4.78, 5) is 26.5. The molecule has 0 saturated carbocycles. The lowest BCUT2D eigenvalue weighted by molar-refractivity contribution is 0.0600. The number of rotatable bonds is 4. The van der Waals surface area contributed by atoms with Crippen LogP contribution in [0.25, 0.3) is 0 Å². The number of halogens is 1. The monoisotopic (exact) mass is 288 g/mol. The Balaban J connectivity index is 1.97. The van der Waals surface area contributed by atoms with E-state index in [-0.39, 0.29) is 12.1 Å². The third-order valence-electron chi connectivity index (χ3n) is 2.82. The van der Waals surface area contributed by atoms with Crippen LogP contribution in [-0.4, -0.2) is 24.0 Å². The van der Waals surface area contributed by atoms with Crippen molar-refractivity contribution in [2.24, 2.45) is 0 Å². The molecule has 0 fully saturated rings. The predicted molar refractivity (Wildman–Crippen MR) is 73.1 cm³/mol. The summed E-state index contributed by atoms with van der Waals surface area (Å²) in [5.41, 5.74) is 1.45. The zero-order valence-corrected chi connectivity index (χ0v) is 11.3. The van der Waals surface area contributed by atoms with Crippen molar-refractivity contribution in [2.75, 3.05) is 7.11 Å². The minimum absolute atomic E-state index is 0.202. The van der Waals surface area contributed by atoms with Crippen LogP contribution in [0.2, 0.25) is 0 Å². The van der Waals surface area contributed by atoms with Crippen LogP contribution < -0.4 is 5.32 Å². The molecule has 0 aliphatic rings. The van der Waals surface area contributed by atoms with E-state index >= 15 is 0 Å². The van der Waals surface area contributed by atoms with Gasteiger partial charge in [0.2, 0.25) is 5.95 Å². The van der Waals surface area contributed by atoms with Gasteiger partial charge in [0.05, 0.1) is 12.7 Å². The number of amides is 1. The molecule has 5 nitrogen and oxygen atoms in total. The van der Waals surface area contributed by atoms with E-state index in [0.717, 1.165) is 11.6 Å². The normalized spacial score (nSPS) is 10.0. The van der Waals surface area contributed by atoms with E-state index in [0.29, 0.717) is 5.56 Å². The molecule has 0 unspecified atom stereocenters. The molecule has 0 atom stereocenters. The molecular formula is C15H13FN2O3. The number of aromatic nitrogens is 1. The van der Waals surface area contributed by atoms with E-state index in [9.17, 15) is 14.0 Å². The van der Waals surface area contributed by atoms with Crippen molar-refractivity contribution in [3.8, 4) is 0 Å². The number of nitrogens with zero attached hydrogens (tertiary/aromatic N) is 1. The van der Waals surface area contributed by atoms with Gasteiger partial charge in [-0.2, -0.15) is 4.39 Å². The van der Waals surface area contributed by atoms with Gasteiger partial charge in [0.25, 0.3) is 5.91 Å². The molecule has 0 bridgehead atoms. The number of nitrogens with one attached hydrogen (secondary N) is 1. The van der Waals surface area contributed by atoms with Crippen molar-refractivity contribution >= 4 is 11.9 Å². The van der Waals surface area contributed by atoms with Crippen molar-refractivity contribution in [2.45, 2.75) is 6.54 Å². The first-order valence-corrected chi connectivity index (χ1v) is 6.17. The van der Waals surface area contributed by atoms with E-state index in [1.165, 1.54) is 19.4 Å². The maximum Gasteiger partial charge on any atom is 0.337 e. The summed E-state index contributed by atoms with van der Waals surface area (Å²) in [5.74, 6) is -1.52. The van der Waals surface area contributed by atoms with Gasteiger partial charge in [0.15, 0.2) is 0 Å². The number of esters is 1. The molecule has 2 aromatic rings. The number of hydrogen-bond acceptors (Lipinski definition) is 4. The molecular weight excluding hydrogens is 275 g/mol. The van der Waals surface area contributed by atoms with E-state index in [4.69, 9.17) is 0 Å². The summed E-state index contributed by atoms with van der Waals surface area (Å²) in [6.45, 7) is 0.268. The number of pyridine rings is 1. The Morgan fingerprint density at radius 2 is 1.90 bits per heavy atom. The van der Waals surface area contributed by atoms with Crippen molar-refractivity contribution < 1.29 is 18.7 Å². The highest BCUT2D eigenvalue weighted by Gasteiger charge is 2.08. The number of benzene rings is 1. The second kappa shape index (κ2) is 6.60. The summed E-state index contributed by atoms with van der Waals surface area (Å²) in [5, 5.41) is 2.66. The maximum absolute atomic E-state index is 12.9. The van der Waals surface area contributed by atoms with Crippen LogP contribution in [0.15, 0.2) is 42.6 Å². The van der Waals surface area contributed by atoms with Crippen molar-refractivity contribution in [1.82, 2.24) is 10.3 Å². The van der Waals surface area contributed by atoms with Crippen LogP contribution in [-0.2, 0) is 11.3 Å². The Hall–Kier alpha value is -2.76. The quantitative estimate of drug-likeness (QED) is 0.689. The lowest BCUT2D eigenvalue weighted by Crippen LogP contribution is -2.23. The molecule has 21 heavy (non-hydrogen) atoms. The van der Waals surface area contributed by atoms with Gasteiger partial charge in [-0.3, -0.25) is 4.79 Å². The first kappa shape index (κ1) is 14.6. The summed E-state index contributed by atoms with van der Waals surface area (Å²) < 4.78 is 17.5.